The number of allylic oxidation sites excluding steroid dienone is 2. The Kier molecular flexibility index (Phi) is 2.30. The molecule has 20 heavy (non-hydrogen) atoms. The number of hydrogen-bond acceptors (Lipinski definition) is 2. The number of carbonyl (C=O) groups is 1. The minimum absolute atomic E-state index is 0.0147. The van der Waals surface area contributed by atoms with E-state index in [0.717, 1.165) is 41.4 Å². The van der Waals surface area contributed by atoms with Gasteiger partial charge in [0.25, 0.3) is 0 Å². The van der Waals surface area contributed by atoms with Crippen LogP contribution in [0.25, 0.3) is 0 Å². The summed E-state index contributed by atoms with van der Waals surface area (Å²) in [4.78, 5) is 11.6. The van der Waals surface area contributed by atoms with Gasteiger partial charge in [0, 0.05) is 6.42 Å². The van der Waals surface area contributed by atoms with Crippen LogP contribution in [0.4, 0.5) is 0 Å². The highest BCUT2D eigenvalue weighted by molar-refractivity contribution is 5.69. The van der Waals surface area contributed by atoms with Gasteiger partial charge in [0.2, 0.25) is 0 Å². The molecule has 0 aromatic heterocycles. The van der Waals surface area contributed by atoms with Crippen LogP contribution >= 0.6 is 0 Å². The van der Waals surface area contributed by atoms with E-state index < -0.39 is 0 Å². The summed E-state index contributed by atoms with van der Waals surface area (Å²) in [6.07, 6.45) is 11.1. The van der Waals surface area contributed by atoms with Crippen molar-refractivity contribution in [2.75, 3.05) is 0 Å². The van der Waals surface area contributed by atoms with Crippen molar-refractivity contribution in [1.82, 2.24) is 0 Å². The maximum absolute atomic E-state index is 11.6. The lowest BCUT2D eigenvalue weighted by Gasteiger charge is -2.42. The second-order valence-corrected chi connectivity index (χ2v) is 7.90. The van der Waals surface area contributed by atoms with E-state index in [9.17, 15) is 4.79 Å². The first-order chi connectivity index (χ1) is 9.78. The van der Waals surface area contributed by atoms with Gasteiger partial charge in [-0.05, 0) is 73.0 Å². The summed E-state index contributed by atoms with van der Waals surface area (Å²) < 4.78 is 5.76. The van der Waals surface area contributed by atoms with Crippen molar-refractivity contribution in [2.45, 2.75) is 45.1 Å². The molecule has 0 amide bonds. The largest absolute Gasteiger partial charge is 0.462 e. The van der Waals surface area contributed by atoms with Crippen LogP contribution in [0.1, 0.15) is 39.0 Å². The minimum Gasteiger partial charge on any atom is -0.462 e. The lowest BCUT2D eigenvalue weighted by molar-refractivity contribution is -0.154. The molecule has 5 aliphatic rings. The quantitative estimate of drug-likeness (QED) is 0.437. The second kappa shape index (κ2) is 3.90. The van der Waals surface area contributed by atoms with E-state index in [1.165, 1.54) is 25.7 Å². The summed E-state index contributed by atoms with van der Waals surface area (Å²) in [7, 11) is 0. The van der Waals surface area contributed by atoms with Gasteiger partial charge < -0.3 is 4.74 Å². The fraction of sp³-hybridized carbons (Fsp3) is 0.833. The zero-order valence-corrected chi connectivity index (χ0v) is 12.2. The van der Waals surface area contributed by atoms with Crippen LogP contribution in [0.5, 0.6) is 0 Å². The van der Waals surface area contributed by atoms with Gasteiger partial charge in [-0.1, -0.05) is 19.1 Å². The van der Waals surface area contributed by atoms with Crippen molar-refractivity contribution in [3.63, 3.8) is 0 Å². The molecule has 0 aromatic rings. The molecule has 5 rings (SSSR count). The number of carbonyl (C=O) groups excluding carboxylic acids is 1. The highest BCUT2D eigenvalue weighted by atomic mass is 16.5. The molecule has 9 atom stereocenters. The number of hydrogen-bond donors (Lipinski definition) is 0. The standard InChI is InChI=1S/C18H24O2/c1-2-16(19)20-15-7-9-6-14(15)18-13-8-12(17(9)18)10-4-3-5-11(10)13/h3,5,9-15,17-18H,2,4,6-8H2,1H3. The molecule has 108 valence electrons. The Bertz CT molecular complexity index is 482. The average molecular weight is 272 g/mol. The maximum atomic E-state index is 11.6. The normalized spacial score (nSPS) is 57.1. The summed E-state index contributed by atoms with van der Waals surface area (Å²) in [6, 6.07) is 0. The summed E-state index contributed by atoms with van der Waals surface area (Å²) in [5.41, 5.74) is 0. The van der Waals surface area contributed by atoms with Crippen molar-refractivity contribution in [3.8, 4) is 0 Å². The van der Waals surface area contributed by atoms with E-state index in [2.05, 4.69) is 12.2 Å². The van der Waals surface area contributed by atoms with E-state index in [1.807, 2.05) is 6.92 Å². The van der Waals surface area contributed by atoms with E-state index >= 15 is 0 Å². The Morgan fingerprint density at radius 3 is 2.85 bits per heavy atom. The number of ether oxygens (including phenoxy) is 1. The lowest BCUT2D eigenvalue weighted by Crippen LogP contribution is -2.41. The second-order valence-electron chi connectivity index (χ2n) is 7.90. The smallest absolute Gasteiger partial charge is 0.305 e. The van der Waals surface area contributed by atoms with Gasteiger partial charge in [-0.25, -0.2) is 0 Å². The molecule has 4 saturated carbocycles. The third-order valence-electron chi connectivity index (χ3n) is 7.48. The molecule has 0 heterocycles. The van der Waals surface area contributed by atoms with Gasteiger partial charge in [-0.2, -0.15) is 0 Å². The molecular formula is C18H24O2. The monoisotopic (exact) mass is 272 g/mol. The van der Waals surface area contributed by atoms with Crippen molar-refractivity contribution in [3.05, 3.63) is 12.2 Å². The van der Waals surface area contributed by atoms with Crippen LogP contribution in [0.3, 0.4) is 0 Å². The molecule has 0 aromatic carbocycles. The highest BCUT2D eigenvalue weighted by Crippen LogP contribution is 2.72. The van der Waals surface area contributed by atoms with Crippen LogP contribution in [0, 0.1) is 47.3 Å². The highest BCUT2D eigenvalue weighted by Gasteiger charge is 2.67. The molecule has 0 spiro atoms. The summed E-state index contributed by atoms with van der Waals surface area (Å²) in [5, 5.41) is 0. The lowest BCUT2D eigenvalue weighted by atomic mass is 9.63. The Morgan fingerprint density at radius 2 is 2.00 bits per heavy atom. The van der Waals surface area contributed by atoms with Crippen LogP contribution in [0.15, 0.2) is 12.2 Å². The third kappa shape index (κ3) is 1.29. The Balaban J connectivity index is 1.41. The number of fused-ring (bicyclic) bond motifs is 12. The van der Waals surface area contributed by atoms with Crippen molar-refractivity contribution < 1.29 is 9.53 Å². The summed E-state index contributed by atoms with van der Waals surface area (Å²) in [6.45, 7) is 1.91. The van der Waals surface area contributed by atoms with E-state index in [-0.39, 0.29) is 12.1 Å². The molecular weight excluding hydrogens is 248 g/mol. The molecule has 5 aliphatic carbocycles. The van der Waals surface area contributed by atoms with Crippen molar-refractivity contribution in [2.24, 2.45) is 47.3 Å². The topological polar surface area (TPSA) is 26.3 Å². The number of esters is 1. The Hall–Kier alpha value is -0.790. The van der Waals surface area contributed by atoms with Gasteiger partial charge in [-0.3, -0.25) is 4.79 Å². The molecule has 0 aliphatic heterocycles. The SMILES string of the molecule is CCC(=O)OC1CC2CC1C1C3CC(C4CC=CC43)C21. The third-order valence-corrected chi connectivity index (χ3v) is 7.48. The Labute approximate surface area is 120 Å². The van der Waals surface area contributed by atoms with Crippen molar-refractivity contribution in [1.29, 1.82) is 0 Å². The molecule has 9 unspecified atom stereocenters. The predicted octanol–water partition coefficient (Wildman–Crippen LogP) is 3.42. The average Bonchev–Trinajstić information content (AvgIpc) is 3.19. The zero-order valence-electron chi connectivity index (χ0n) is 12.2. The maximum Gasteiger partial charge on any atom is 0.305 e. The molecule has 2 nitrogen and oxygen atoms in total. The molecule has 0 N–H and O–H groups in total. The minimum atomic E-state index is 0.0147. The van der Waals surface area contributed by atoms with Gasteiger partial charge in [0.1, 0.15) is 6.10 Å². The first kappa shape index (κ1) is 11.8. The van der Waals surface area contributed by atoms with Gasteiger partial charge in [-0.15, -0.1) is 0 Å². The first-order valence-electron chi connectivity index (χ1n) is 8.64. The van der Waals surface area contributed by atoms with E-state index in [0.29, 0.717) is 12.3 Å². The van der Waals surface area contributed by atoms with Gasteiger partial charge in [0.05, 0.1) is 0 Å². The summed E-state index contributed by atoms with van der Waals surface area (Å²) >= 11 is 0. The van der Waals surface area contributed by atoms with Gasteiger partial charge in [0.15, 0.2) is 0 Å². The Morgan fingerprint density at radius 1 is 1.10 bits per heavy atom. The molecule has 4 fully saturated rings. The van der Waals surface area contributed by atoms with Crippen LogP contribution in [-0.2, 0) is 9.53 Å². The van der Waals surface area contributed by atoms with E-state index in [1.54, 1.807) is 0 Å². The van der Waals surface area contributed by atoms with Crippen LogP contribution in [0.2, 0.25) is 0 Å². The molecule has 2 heteroatoms. The van der Waals surface area contributed by atoms with Crippen LogP contribution in [-0.4, -0.2) is 12.1 Å². The molecule has 4 bridgehead atoms. The van der Waals surface area contributed by atoms with Crippen molar-refractivity contribution >= 4 is 5.97 Å². The molecule has 0 saturated heterocycles. The number of rotatable bonds is 2. The fourth-order valence-corrected chi connectivity index (χ4v) is 7.13. The predicted molar refractivity (Wildman–Crippen MR) is 75.7 cm³/mol. The first-order valence-corrected chi connectivity index (χ1v) is 8.64. The molecule has 0 radical (unpaired) electrons. The van der Waals surface area contributed by atoms with E-state index in [4.69, 9.17) is 4.74 Å². The summed E-state index contributed by atoms with van der Waals surface area (Å²) in [5.74, 6) is 7.25. The van der Waals surface area contributed by atoms with Gasteiger partial charge >= 0.3 is 5.97 Å². The van der Waals surface area contributed by atoms with Crippen LogP contribution < -0.4 is 0 Å². The fourth-order valence-electron chi connectivity index (χ4n) is 7.13. The zero-order chi connectivity index (χ0) is 13.4.